The highest BCUT2D eigenvalue weighted by Gasteiger charge is 2.17. The maximum absolute atomic E-state index is 11.6. The number of nitro groups is 1. The number of para-hydroxylation sites is 2. The van der Waals surface area contributed by atoms with E-state index in [1.54, 1.807) is 0 Å². The third-order valence-electron chi connectivity index (χ3n) is 2.32. The van der Waals surface area contributed by atoms with Crippen LogP contribution in [0.2, 0.25) is 0 Å². The molecule has 3 amide bonds. The SMILES string of the molecule is O=C(NC(=O)c1ccco1)Nc1ccccc1[N+](=O)[O-]. The van der Waals surface area contributed by atoms with Crippen molar-refractivity contribution in [2.75, 3.05) is 5.32 Å². The second-order valence-corrected chi connectivity index (χ2v) is 3.66. The number of hydrogen-bond acceptors (Lipinski definition) is 5. The number of benzene rings is 1. The molecule has 8 nitrogen and oxygen atoms in total. The summed E-state index contributed by atoms with van der Waals surface area (Å²) in [6, 6.07) is 7.58. The van der Waals surface area contributed by atoms with Crippen LogP contribution >= 0.6 is 0 Å². The average molecular weight is 275 g/mol. The quantitative estimate of drug-likeness (QED) is 0.657. The Morgan fingerprint density at radius 3 is 2.55 bits per heavy atom. The standard InChI is InChI=1S/C12H9N3O5/c16-11(10-6-3-7-20-10)14-12(17)13-8-4-1-2-5-9(8)15(18)19/h1-7H,(H2,13,14,16,17). The van der Waals surface area contributed by atoms with Crippen molar-refractivity contribution in [3.63, 3.8) is 0 Å². The number of nitrogens with zero attached hydrogens (tertiary/aromatic N) is 1. The van der Waals surface area contributed by atoms with Gasteiger partial charge in [0.1, 0.15) is 5.69 Å². The number of carbonyl (C=O) groups excluding carboxylic acids is 2. The molecule has 0 aliphatic rings. The molecular weight excluding hydrogens is 266 g/mol. The number of nitrogens with one attached hydrogen (secondary N) is 2. The summed E-state index contributed by atoms with van der Waals surface area (Å²) in [5.74, 6) is -0.784. The van der Waals surface area contributed by atoms with Crippen LogP contribution in [0.1, 0.15) is 10.6 Å². The van der Waals surface area contributed by atoms with E-state index >= 15 is 0 Å². The topological polar surface area (TPSA) is 114 Å². The largest absolute Gasteiger partial charge is 0.459 e. The summed E-state index contributed by atoms with van der Waals surface area (Å²) in [6.45, 7) is 0. The fourth-order valence-electron chi connectivity index (χ4n) is 1.46. The lowest BCUT2D eigenvalue weighted by molar-refractivity contribution is -0.383. The average Bonchev–Trinajstić information content (AvgIpc) is 2.92. The summed E-state index contributed by atoms with van der Waals surface area (Å²) in [4.78, 5) is 33.2. The van der Waals surface area contributed by atoms with Gasteiger partial charge in [-0.3, -0.25) is 20.2 Å². The van der Waals surface area contributed by atoms with Crippen LogP contribution in [-0.2, 0) is 0 Å². The van der Waals surface area contributed by atoms with Crippen molar-refractivity contribution in [1.82, 2.24) is 5.32 Å². The highest BCUT2D eigenvalue weighted by molar-refractivity contribution is 6.07. The number of rotatable bonds is 3. The second-order valence-electron chi connectivity index (χ2n) is 3.66. The van der Waals surface area contributed by atoms with Gasteiger partial charge in [-0.25, -0.2) is 4.79 Å². The minimum absolute atomic E-state index is 0.0118. The Hall–Kier alpha value is -3.16. The Bertz CT molecular complexity index is 651. The van der Waals surface area contributed by atoms with Crippen molar-refractivity contribution in [2.45, 2.75) is 0 Å². The van der Waals surface area contributed by atoms with Crippen LogP contribution in [0.5, 0.6) is 0 Å². The molecule has 2 aromatic rings. The van der Waals surface area contributed by atoms with Gasteiger partial charge in [0.15, 0.2) is 5.76 Å². The first-order chi connectivity index (χ1) is 9.58. The number of furan rings is 1. The Labute approximate surface area is 112 Å². The van der Waals surface area contributed by atoms with Crippen LogP contribution in [-0.4, -0.2) is 16.9 Å². The monoisotopic (exact) mass is 275 g/mol. The third kappa shape index (κ3) is 2.99. The van der Waals surface area contributed by atoms with Gasteiger partial charge in [0.25, 0.3) is 11.6 Å². The molecule has 0 bridgehead atoms. The molecule has 0 fully saturated rings. The summed E-state index contributed by atoms with van der Waals surface area (Å²) in [7, 11) is 0. The number of carbonyl (C=O) groups is 2. The van der Waals surface area contributed by atoms with Crippen molar-refractivity contribution in [2.24, 2.45) is 0 Å². The fourth-order valence-corrected chi connectivity index (χ4v) is 1.46. The molecule has 1 heterocycles. The molecular formula is C12H9N3O5. The Morgan fingerprint density at radius 1 is 1.15 bits per heavy atom. The van der Waals surface area contributed by atoms with Crippen molar-refractivity contribution in [1.29, 1.82) is 0 Å². The molecule has 0 atom stereocenters. The van der Waals surface area contributed by atoms with Gasteiger partial charge < -0.3 is 9.73 Å². The highest BCUT2D eigenvalue weighted by atomic mass is 16.6. The predicted octanol–water partition coefficient (Wildman–Crippen LogP) is 2.15. The zero-order valence-electron chi connectivity index (χ0n) is 10.0. The third-order valence-corrected chi connectivity index (χ3v) is 2.32. The maximum atomic E-state index is 11.6. The van der Waals surface area contributed by atoms with Crippen LogP contribution in [0.25, 0.3) is 0 Å². The Balaban J connectivity index is 2.05. The van der Waals surface area contributed by atoms with E-state index in [0.29, 0.717) is 0 Å². The second kappa shape index (κ2) is 5.65. The lowest BCUT2D eigenvalue weighted by Gasteiger charge is -2.05. The molecule has 1 aromatic heterocycles. The minimum Gasteiger partial charge on any atom is -0.459 e. The fraction of sp³-hybridized carbons (Fsp3) is 0. The molecule has 0 saturated carbocycles. The van der Waals surface area contributed by atoms with E-state index in [-0.39, 0.29) is 17.1 Å². The lowest BCUT2D eigenvalue weighted by Crippen LogP contribution is -2.34. The molecule has 1 aromatic carbocycles. The van der Waals surface area contributed by atoms with Crippen LogP contribution in [0.4, 0.5) is 16.2 Å². The van der Waals surface area contributed by atoms with Crippen molar-refractivity contribution < 1.29 is 18.9 Å². The maximum Gasteiger partial charge on any atom is 0.326 e. The van der Waals surface area contributed by atoms with Gasteiger partial charge in [-0.2, -0.15) is 0 Å². The molecule has 20 heavy (non-hydrogen) atoms. The van der Waals surface area contributed by atoms with E-state index in [4.69, 9.17) is 4.42 Å². The smallest absolute Gasteiger partial charge is 0.326 e. The van der Waals surface area contributed by atoms with Gasteiger partial charge in [-0.05, 0) is 18.2 Å². The molecule has 0 aliphatic carbocycles. The van der Waals surface area contributed by atoms with Gasteiger partial charge in [0.2, 0.25) is 0 Å². The zero-order chi connectivity index (χ0) is 14.5. The van der Waals surface area contributed by atoms with Crippen LogP contribution in [0, 0.1) is 10.1 Å². The van der Waals surface area contributed by atoms with E-state index in [2.05, 4.69) is 5.32 Å². The van der Waals surface area contributed by atoms with Crippen LogP contribution < -0.4 is 10.6 Å². The molecule has 0 unspecified atom stereocenters. The van der Waals surface area contributed by atoms with Gasteiger partial charge in [0, 0.05) is 6.07 Å². The first kappa shape index (κ1) is 13.3. The van der Waals surface area contributed by atoms with E-state index in [1.807, 2.05) is 5.32 Å². The van der Waals surface area contributed by atoms with E-state index in [1.165, 1.54) is 42.7 Å². The summed E-state index contributed by atoms with van der Waals surface area (Å²) in [5.41, 5.74) is -0.282. The van der Waals surface area contributed by atoms with E-state index in [9.17, 15) is 19.7 Å². The van der Waals surface area contributed by atoms with Crippen molar-refractivity contribution in [3.05, 3.63) is 58.5 Å². The molecule has 2 rings (SSSR count). The van der Waals surface area contributed by atoms with Gasteiger partial charge in [-0.1, -0.05) is 12.1 Å². The van der Waals surface area contributed by atoms with Crippen LogP contribution in [0.3, 0.4) is 0 Å². The molecule has 0 radical (unpaired) electrons. The summed E-state index contributed by atoms with van der Waals surface area (Å²) in [6.07, 6.45) is 1.29. The number of urea groups is 1. The van der Waals surface area contributed by atoms with E-state index in [0.717, 1.165) is 0 Å². The normalized spacial score (nSPS) is 9.80. The number of anilines is 1. The van der Waals surface area contributed by atoms with Crippen molar-refractivity contribution in [3.8, 4) is 0 Å². The first-order valence-corrected chi connectivity index (χ1v) is 5.47. The van der Waals surface area contributed by atoms with Gasteiger partial charge >= 0.3 is 6.03 Å². The highest BCUT2D eigenvalue weighted by Crippen LogP contribution is 2.22. The Kier molecular flexibility index (Phi) is 3.75. The molecule has 0 spiro atoms. The number of hydrogen-bond donors (Lipinski definition) is 2. The summed E-state index contributed by atoms with van der Waals surface area (Å²) in [5, 5.41) is 15.0. The van der Waals surface area contributed by atoms with Crippen LogP contribution in [0.15, 0.2) is 47.1 Å². The summed E-state index contributed by atoms with van der Waals surface area (Å²) >= 11 is 0. The van der Waals surface area contributed by atoms with Gasteiger partial charge in [-0.15, -0.1) is 0 Å². The number of amides is 3. The first-order valence-electron chi connectivity index (χ1n) is 5.47. The number of nitro benzene ring substituents is 1. The molecule has 2 N–H and O–H groups in total. The van der Waals surface area contributed by atoms with Crippen molar-refractivity contribution >= 4 is 23.3 Å². The molecule has 8 heteroatoms. The number of imide groups is 1. The predicted molar refractivity (Wildman–Crippen MR) is 68.3 cm³/mol. The molecule has 0 aliphatic heterocycles. The Morgan fingerprint density at radius 2 is 1.90 bits per heavy atom. The van der Waals surface area contributed by atoms with E-state index < -0.39 is 16.9 Å². The molecule has 102 valence electrons. The van der Waals surface area contributed by atoms with Gasteiger partial charge in [0.05, 0.1) is 11.2 Å². The zero-order valence-corrected chi connectivity index (χ0v) is 10.0. The molecule has 0 saturated heterocycles. The summed E-state index contributed by atoms with van der Waals surface area (Å²) < 4.78 is 4.81. The minimum atomic E-state index is -0.888. The lowest BCUT2D eigenvalue weighted by atomic mass is 10.3.